The highest BCUT2D eigenvalue weighted by atomic mass is 79.9. The molecule has 3 aromatic rings. The molecule has 0 radical (unpaired) electrons. The second-order valence-electron chi connectivity index (χ2n) is 4.61. The topological polar surface area (TPSA) is 73.1 Å². The molecule has 0 saturated heterocycles. The molecule has 0 spiro atoms. The molecule has 0 aliphatic carbocycles. The Hall–Kier alpha value is -1.70. The SMILES string of the molecule is Cc1ccc(Oc2nc(NN)nc3sc(C)cc23)c(Br)c1. The van der Waals surface area contributed by atoms with E-state index in [1.54, 1.807) is 11.3 Å². The van der Waals surface area contributed by atoms with Crippen molar-refractivity contribution >= 4 is 43.4 Å². The maximum atomic E-state index is 5.95. The van der Waals surface area contributed by atoms with Gasteiger partial charge in [-0.1, -0.05) is 6.07 Å². The first-order chi connectivity index (χ1) is 10.1. The maximum absolute atomic E-state index is 5.95. The van der Waals surface area contributed by atoms with Crippen molar-refractivity contribution in [3.63, 3.8) is 0 Å². The van der Waals surface area contributed by atoms with E-state index < -0.39 is 0 Å². The van der Waals surface area contributed by atoms with Crippen molar-refractivity contribution in [2.24, 2.45) is 5.84 Å². The van der Waals surface area contributed by atoms with Crippen molar-refractivity contribution in [3.05, 3.63) is 39.2 Å². The van der Waals surface area contributed by atoms with Gasteiger partial charge < -0.3 is 4.74 Å². The smallest absolute Gasteiger partial charge is 0.241 e. The molecule has 0 saturated carbocycles. The zero-order valence-electron chi connectivity index (χ0n) is 11.5. The van der Waals surface area contributed by atoms with Crippen LogP contribution in [0, 0.1) is 13.8 Å². The van der Waals surface area contributed by atoms with Crippen LogP contribution >= 0.6 is 27.3 Å². The summed E-state index contributed by atoms with van der Waals surface area (Å²) in [5, 5.41) is 0.879. The lowest BCUT2D eigenvalue weighted by Crippen LogP contribution is -2.10. The number of nitrogens with two attached hydrogens (primary N) is 1. The van der Waals surface area contributed by atoms with Gasteiger partial charge in [-0.3, -0.25) is 5.43 Å². The zero-order valence-corrected chi connectivity index (χ0v) is 13.9. The van der Waals surface area contributed by atoms with Crippen LogP contribution in [-0.4, -0.2) is 9.97 Å². The predicted octanol–water partition coefficient (Wildman–Crippen LogP) is 4.15. The van der Waals surface area contributed by atoms with Gasteiger partial charge in [-0.05, 0) is 53.5 Å². The highest BCUT2D eigenvalue weighted by molar-refractivity contribution is 9.10. The number of nitrogens with one attached hydrogen (secondary N) is 1. The van der Waals surface area contributed by atoms with Crippen molar-refractivity contribution in [3.8, 4) is 11.6 Å². The van der Waals surface area contributed by atoms with Gasteiger partial charge in [0.15, 0.2) is 0 Å². The van der Waals surface area contributed by atoms with Crippen LogP contribution in [0.15, 0.2) is 28.7 Å². The number of hydrogen-bond acceptors (Lipinski definition) is 6. The van der Waals surface area contributed by atoms with E-state index in [1.165, 1.54) is 0 Å². The number of anilines is 1. The Labute approximate surface area is 134 Å². The van der Waals surface area contributed by atoms with Gasteiger partial charge in [-0.2, -0.15) is 4.98 Å². The number of thiophene rings is 1. The van der Waals surface area contributed by atoms with Crippen molar-refractivity contribution in [2.75, 3.05) is 5.43 Å². The molecule has 2 aromatic heterocycles. The third-order valence-corrected chi connectivity index (χ3v) is 4.47. The number of hydrogen-bond donors (Lipinski definition) is 2. The molecule has 0 aliphatic heterocycles. The number of ether oxygens (including phenoxy) is 1. The minimum Gasteiger partial charge on any atom is -0.437 e. The van der Waals surface area contributed by atoms with Crippen LogP contribution in [0.2, 0.25) is 0 Å². The number of nitrogen functional groups attached to an aromatic ring is 1. The van der Waals surface area contributed by atoms with E-state index in [2.05, 4.69) is 31.3 Å². The molecular formula is C14H13BrN4OS. The van der Waals surface area contributed by atoms with Gasteiger partial charge in [-0.25, -0.2) is 10.8 Å². The molecule has 0 atom stereocenters. The van der Waals surface area contributed by atoms with Gasteiger partial charge in [0, 0.05) is 4.88 Å². The molecule has 0 aliphatic rings. The lowest BCUT2D eigenvalue weighted by atomic mass is 10.2. The van der Waals surface area contributed by atoms with E-state index in [1.807, 2.05) is 38.1 Å². The molecule has 2 heterocycles. The number of hydrazine groups is 1. The van der Waals surface area contributed by atoms with Crippen molar-refractivity contribution in [1.82, 2.24) is 9.97 Å². The van der Waals surface area contributed by atoms with E-state index in [-0.39, 0.29) is 0 Å². The second kappa shape index (κ2) is 5.59. The first kappa shape index (κ1) is 14.2. The van der Waals surface area contributed by atoms with Crippen LogP contribution in [0.5, 0.6) is 11.6 Å². The molecule has 3 rings (SSSR count). The molecule has 1 aromatic carbocycles. The molecule has 21 heavy (non-hydrogen) atoms. The molecule has 0 unspecified atom stereocenters. The number of rotatable bonds is 3. The fraction of sp³-hybridized carbons (Fsp3) is 0.143. The molecule has 0 fully saturated rings. The zero-order chi connectivity index (χ0) is 15.0. The van der Waals surface area contributed by atoms with Crippen molar-refractivity contribution in [1.29, 1.82) is 0 Å². The Bertz CT molecular complexity index is 818. The number of aromatic nitrogens is 2. The normalized spacial score (nSPS) is 10.9. The van der Waals surface area contributed by atoms with E-state index in [0.29, 0.717) is 17.6 Å². The number of nitrogens with zero attached hydrogens (tertiary/aromatic N) is 2. The highest BCUT2D eigenvalue weighted by Gasteiger charge is 2.13. The van der Waals surface area contributed by atoms with Gasteiger partial charge in [0.2, 0.25) is 11.8 Å². The third kappa shape index (κ3) is 2.85. The number of aryl methyl sites for hydroxylation is 2. The summed E-state index contributed by atoms with van der Waals surface area (Å²) in [5.74, 6) is 6.95. The van der Waals surface area contributed by atoms with E-state index >= 15 is 0 Å². The minimum absolute atomic E-state index is 0.336. The largest absolute Gasteiger partial charge is 0.437 e. The van der Waals surface area contributed by atoms with E-state index in [9.17, 15) is 0 Å². The lowest BCUT2D eigenvalue weighted by Gasteiger charge is -2.09. The Kier molecular flexibility index (Phi) is 3.79. The van der Waals surface area contributed by atoms with E-state index in [0.717, 1.165) is 25.1 Å². The minimum atomic E-state index is 0.336. The molecule has 5 nitrogen and oxygen atoms in total. The first-order valence-electron chi connectivity index (χ1n) is 6.25. The molecule has 0 amide bonds. The summed E-state index contributed by atoms with van der Waals surface area (Å²) in [7, 11) is 0. The van der Waals surface area contributed by atoms with Gasteiger partial charge >= 0.3 is 0 Å². The van der Waals surface area contributed by atoms with Gasteiger partial charge in [0.1, 0.15) is 10.6 Å². The Morgan fingerprint density at radius 3 is 2.76 bits per heavy atom. The Morgan fingerprint density at radius 1 is 1.24 bits per heavy atom. The second-order valence-corrected chi connectivity index (χ2v) is 6.70. The quantitative estimate of drug-likeness (QED) is 0.539. The van der Waals surface area contributed by atoms with Gasteiger partial charge in [-0.15, -0.1) is 11.3 Å². The summed E-state index contributed by atoms with van der Waals surface area (Å²) in [4.78, 5) is 10.6. The Balaban J connectivity index is 2.10. The summed E-state index contributed by atoms with van der Waals surface area (Å²) in [5.41, 5.74) is 3.62. The van der Waals surface area contributed by atoms with E-state index in [4.69, 9.17) is 10.6 Å². The average molecular weight is 365 g/mol. The number of halogens is 1. The lowest BCUT2D eigenvalue weighted by molar-refractivity contribution is 0.466. The molecular weight excluding hydrogens is 352 g/mol. The third-order valence-electron chi connectivity index (χ3n) is 2.90. The van der Waals surface area contributed by atoms with Crippen molar-refractivity contribution in [2.45, 2.75) is 13.8 Å². The van der Waals surface area contributed by atoms with Crippen LogP contribution in [0.4, 0.5) is 5.95 Å². The standard InChI is InChI=1S/C14H13BrN4OS/c1-7-3-4-11(10(15)5-7)20-12-9-6-8(2)21-13(9)18-14(17-12)19-16/h3-6H,16H2,1-2H3,(H,17,18,19). The fourth-order valence-corrected chi connectivity index (χ4v) is 3.40. The summed E-state index contributed by atoms with van der Waals surface area (Å²) in [6.07, 6.45) is 0. The molecule has 7 heteroatoms. The van der Waals surface area contributed by atoms with Crippen LogP contribution in [0.25, 0.3) is 10.2 Å². The van der Waals surface area contributed by atoms with Crippen LogP contribution in [-0.2, 0) is 0 Å². The summed E-state index contributed by atoms with van der Waals surface area (Å²) in [6, 6.07) is 7.90. The Morgan fingerprint density at radius 2 is 2.05 bits per heavy atom. The molecule has 0 bridgehead atoms. The van der Waals surface area contributed by atoms with Crippen molar-refractivity contribution < 1.29 is 4.74 Å². The maximum Gasteiger partial charge on any atom is 0.241 e. The first-order valence-corrected chi connectivity index (χ1v) is 7.86. The van der Waals surface area contributed by atoms with Gasteiger partial charge in [0.05, 0.1) is 9.86 Å². The van der Waals surface area contributed by atoms with Crippen LogP contribution < -0.4 is 16.0 Å². The molecule has 108 valence electrons. The highest BCUT2D eigenvalue weighted by Crippen LogP contribution is 2.36. The fourth-order valence-electron chi connectivity index (χ4n) is 1.95. The number of fused-ring (bicyclic) bond motifs is 1. The number of benzene rings is 1. The average Bonchev–Trinajstić information content (AvgIpc) is 2.82. The predicted molar refractivity (Wildman–Crippen MR) is 88.9 cm³/mol. The van der Waals surface area contributed by atoms with Gasteiger partial charge in [0.25, 0.3) is 0 Å². The summed E-state index contributed by atoms with van der Waals surface area (Å²) < 4.78 is 6.82. The summed E-state index contributed by atoms with van der Waals surface area (Å²) >= 11 is 5.08. The monoisotopic (exact) mass is 364 g/mol. The summed E-state index contributed by atoms with van der Waals surface area (Å²) in [6.45, 7) is 4.05. The molecule has 3 N–H and O–H groups in total. The van der Waals surface area contributed by atoms with Crippen LogP contribution in [0.3, 0.4) is 0 Å². The van der Waals surface area contributed by atoms with Crippen LogP contribution in [0.1, 0.15) is 10.4 Å².